The minimum Gasteiger partial charge on any atom is -0.352 e. The molecule has 2 rings (SSSR count). The summed E-state index contributed by atoms with van der Waals surface area (Å²) in [6.07, 6.45) is 5.88. The number of hydrogen-bond acceptors (Lipinski definition) is 2. The van der Waals surface area contributed by atoms with Crippen molar-refractivity contribution in [2.75, 3.05) is 0 Å². The average molecular weight is 351 g/mol. The highest BCUT2D eigenvalue weighted by atomic mass is 79.9. The molecule has 1 aliphatic rings. The lowest BCUT2D eigenvalue weighted by atomic mass is 9.95. The van der Waals surface area contributed by atoms with E-state index in [1.54, 1.807) is 11.3 Å². The smallest absolute Gasteiger partial charge is 0.243 e. The lowest BCUT2D eigenvalue weighted by Gasteiger charge is -2.23. The van der Waals surface area contributed by atoms with Crippen molar-refractivity contribution in [1.29, 1.82) is 0 Å². The molecular formula is C13H17BrClNOS. The van der Waals surface area contributed by atoms with E-state index >= 15 is 0 Å². The molecule has 1 atom stereocenters. The van der Waals surface area contributed by atoms with E-state index in [2.05, 4.69) is 21.2 Å². The molecule has 1 unspecified atom stereocenters. The molecule has 100 valence electrons. The summed E-state index contributed by atoms with van der Waals surface area (Å²) in [6, 6.07) is 2.26. The van der Waals surface area contributed by atoms with Crippen molar-refractivity contribution in [1.82, 2.24) is 5.32 Å². The first-order chi connectivity index (χ1) is 8.58. The highest BCUT2D eigenvalue weighted by molar-refractivity contribution is 9.10. The van der Waals surface area contributed by atoms with E-state index < -0.39 is 5.38 Å². The van der Waals surface area contributed by atoms with Crippen molar-refractivity contribution in [3.05, 3.63) is 20.3 Å². The SMILES string of the molecule is Cc1sc(C(Cl)C(=O)NC2CCCCC2)cc1Br. The molecule has 1 fully saturated rings. The summed E-state index contributed by atoms with van der Waals surface area (Å²) in [5.41, 5.74) is 0. The number of thiophene rings is 1. The Morgan fingerprint density at radius 2 is 2.17 bits per heavy atom. The number of alkyl halides is 1. The molecule has 1 amide bonds. The van der Waals surface area contributed by atoms with Gasteiger partial charge in [0.1, 0.15) is 5.38 Å². The first-order valence-electron chi connectivity index (χ1n) is 6.28. The van der Waals surface area contributed by atoms with Gasteiger partial charge in [0.05, 0.1) is 0 Å². The van der Waals surface area contributed by atoms with Gasteiger partial charge in [0.2, 0.25) is 5.91 Å². The normalized spacial score (nSPS) is 18.6. The first kappa shape index (κ1) is 14.4. The van der Waals surface area contributed by atoms with E-state index in [0.717, 1.165) is 27.1 Å². The third-order valence-corrected chi connectivity index (χ3v) is 6.07. The van der Waals surface area contributed by atoms with Crippen LogP contribution in [0.2, 0.25) is 0 Å². The largest absolute Gasteiger partial charge is 0.352 e. The minimum absolute atomic E-state index is 0.0580. The van der Waals surface area contributed by atoms with Crippen LogP contribution in [0, 0.1) is 6.92 Å². The maximum Gasteiger partial charge on any atom is 0.243 e. The predicted octanol–water partition coefficient (Wildman–Crippen LogP) is 4.55. The lowest BCUT2D eigenvalue weighted by Crippen LogP contribution is -2.37. The predicted molar refractivity (Wildman–Crippen MR) is 80.4 cm³/mol. The van der Waals surface area contributed by atoms with Gasteiger partial charge in [-0.2, -0.15) is 0 Å². The fourth-order valence-electron chi connectivity index (χ4n) is 2.26. The van der Waals surface area contributed by atoms with Crippen molar-refractivity contribution in [3.8, 4) is 0 Å². The van der Waals surface area contributed by atoms with Crippen LogP contribution in [0.5, 0.6) is 0 Å². The molecule has 0 saturated heterocycles. The maximum absolute atomic E-state index is 12.1. The van der Waals surface area contributed by atoms with Crippen molar-refractivity contribution in [2.45, 2.75) is 50.4 Å². The fraction of sp³-hybridized carbons (Fsp3) is 0.615. The number of aryl methyl sites for hydroxylation is 1. The molecular weight excluding hydrogens is 334 g/mol. The topological polar surface area (TPSA) is 29.1 Å². The van der Waals surface area contributed by atoms with E-state index in [0.29, 0.717) is 6.04 Å². The molecule has 0 aliphatic heterocycles. The van der Waals surface area contributed by atoms with Gasteiger partial charge in [-0.15, -0.1) is 22.9 Å². The molecule has 2 nitrogen and oxygen atoms in total. The third-order valence-electron chi connectivity index (χ3n) is 3.31. The number of carbonyl (C=O) groups is 1. The van der Waals surface area contributed by atoms with Crippen LogP contribution in [0.15, 0.2) is 10.5 Å². The van der Waals surface area contributed by atoms with E-state index in [1.807, 2.05) is 13.0 Å². The van der Waals surface area contributed by atoms with Crippen LogP contribution in [0.25, 0.3) is 0 Å². The van der Waals surface area contributed by atoms with Crippen LogP contribution < -0.4 is 5.32 Å². The van der Waals surface area contributed by atoms with Crippen LogP contribution in [0.4, 0.5) is 0 Å². The van der Waals surface area contributed by atoms with Gasteiger partial charge < -0.3 is 5.32 Å². The van der Waals surface area contributed by atoms with E-state index in [1.165, 1.54) is 19.3 Å². The second-order valence-corrected chi connectivity index (χ2v) is 7.34. The Balaban J connectivity index is 1.95. The quantitative estimate of drug-likeness (QED) is 0.796. The Kier molecular flexibility index (Phi) is 5.10. The molecule has 0 radical (unpaired) electrons. The van der Waals surface area contributed by atoms with Crippen molar-refractivity contribution < 1.29 is 4.79 Å². The Labute approximate surface area is 125 Å². The molecule has 1 saturated carbocycles. The van der Waals surface area contributed by atoms with E-state index in [4.69, 9.17) is 11.6 Å². The summed E-state index contributed by atoms with van der Waals surface area (Å²) >= 11 is 11.3. The number of hydrogen-bond donors (Lipinski definition) is 1. The average Bonchev–Trinajstić information content (AvgIpc) is 2.70. The maximum atomic E-state index is 12.1. The van der Waals surface area contributed by atoms with E-state index in [9.17, 15) is 4.79 Å². The Hall–Kier alpha value is -0.0600. The number of rotatable bonds is 3. The lowest BCUT2D eigenvalue weighted by molar-refractivity contribution is -0.121. The van der Waals surface area contributed by atoms with Gasteiger partial charge in [-0.3, -0.25) is 4.79 Å². The fourth-order valence-corrected chi connectivity index (χ4v) is 4.05. The summed E-state index contributed by atoms with van der Waals surface area (Å²) in [5, 5.41) is 2.50. The number of nitrogens with one attached hydrogen (secondary N) is 1. The summed E-state index contributed by atoms with van der Waals surface area (Å²) < 4.78 is 1.03. The molecule has 5 heteroatoms. The van der Waals surface area contributed by atoms with Crippen LogP contribution >= 0.6 is 38.9 Å². The molecule has 18 heavy (non-hydrogen) atoms. The summed E-state index contributed by atoms with van der Waals surface area (Å²) in [7, 11) is 0. The van der Waals surface area contributed by atoms with Crippen LogP contribution in [-0.4, -0.2) is 11.9 Å². The number of carbonyl (C=O) groups excluding carboxylic acids is 1. The molecule has 1 aliphatic carbocycles. The second kappa shape index (κ2) is 6.40. The summed E-state index contributed by atoms with van der Waals surface area (Å²) in [5.74, 6) is -0.0580. The molecule has 0 spiro atoms. The third kappa shape index (κ3) is 3.49. The second-order valence-electron chi connectivity index (χ2n) is 4.76. The number of halogens is 2. The summed E-state index contributed by atoms with van der Waals surface area (Å²) in [4.78, 5) is 14.1. The van der Waals surface area contributed by atoms with Gasteiger partial charge >= 0.3 is 0 Å². The van der Waals surface area contributed by atoms with Gasteiger partial charge in [0.15, 0.2) is 0 Å². The van der Waals surface area contributed by atoms with Crippen molar-refractivity contribution >= 4 is 44.8 Å². The monoisotopic (exact) mass is 349 g/mol. The Morgan fingerprint density at radius 1 is 1.50 bits per heavy atom. The molecule has 0 aromatic carbocycles. The van der Waals surface area contributed by atoms with Gasteiger partial charge in [-0.25, -0.2) is 0 Å². The molecule has 0 bridgehead atoms. The van der Waals surface area contributed by atoms with Gasteiger partial charge in [0, 0.05) is 20.3 Å². The Bertz CT molecular complexity index is 409. The highest BCUT2D eigenvalue weighted by Crippen LogP contribution is 2.34. The standard InChI is InChI=1S/C13H17BrClNOS/c1-8-10(14)7-11(18-8)12(15)13(17)16-9-5-3-2-4-6-9/h7,9,12H,2-6H2,1H3,(H,16,17). The van der Waals surface area contributed by atoms with Gasteiger partial charge in [-0.1, -0.05) is 19.3 Å². The summed E-state index contributed by atoms with van der Waals surface area (Å²) in [6.45, 7) is 2.01. The Morgan fingerprint density at radius 3 is 2.72 bits per heavy atom. The first-order valence-corrected chi connectivity index (χ1v) is 8.33. The molecule has 1 heterocycles. The molecule has 1 aromatic rings. The zero-order valence-electron chi connectivity index (χ0n) is 10.3. The van der Waals surface area contributed by atoms with Gasteiger partial charge in [0.25, 0.3) is 0 Å². The molecule has 1 N–H and O–H groups in total. The van der Waals surface area contributed by atoms with Gasteiger partial charge in [-0.05, 0) is 41.8 Å². The van der Waals surface area contributed by atoms with E-state index in [-0.39, 0.29) is 5.91 Å². The highest BCUT2D eigenvalue weighted by Gasteiger charge is 2.23. The van der Waals surface area contributed by atoms with Crippen LogP contribution in [0.3, 0.4) is 0 Å². The van der Waals surface area contributed by atoms with Crippen molar-refractivity contribution in [3.63, 3.8) is 0 Å². The molecule has 1 aromatic heterocycles. The van der Waals surface area contributed by atoms with Crippen LogP contribution in [-0.2, 0) is 4.79 Å². The van der Waals surface area contributed by atoms with Crippen LogP contribution in [0.1, 0.15) is 47.2 Å². The van der Waals surface area contributed by atoms with Crippen molar-refractivity contribution in [2.24, 2.45) is 0 Å². The number of amides is 1. The minimum atomic E-state index is -0.568. The zero-order chi connectivity index (χ0) is 13.1. The zero-order valence-corrected chi connectivity index (χ0v) is 13.5.